The number of hydrogen-bond donors (Lipinski definition) is 2. The molecule has 0 saturated carbocycles. The van der Waals surface area contributed by atoms with Crippen molar-refractivity contribution in [1.29, 1.82) is 0 Å². The Morgan fingerprint density at radius 3 is 2.10 bits per heavy atom. The van der Waals surface area contributed by atoms with E-state index in [1.807, 2.05) is 42.5 Å². The van der Waals surface area contributed by atoms with Crippen LogP contribution in [0.1, 0.15) is 12.5 Å². The standard InChI is InChI=1S/C23H21N5O2S/c1-16(26-27-23(24)25)21-15-28(22-10-6-5-9-20(21)22)31(29,30)19-13-11-18(12-14-19)17-7-3-2-4-8-17/h2-15H,1H3,(H4,24,25,27). The molecule has 156 valence electrons. The van der Waals surface area contributed by atoms with Gasteiger partial charge in [0, 0.05) is 17.1 Å². The summed E-state index contributed by atoms with van der Waals surface area (Å²) in [5, 5.41) is 8.42. The Kier molecular flexibility index (Phi) is 5.31. The van der Waals surface area contributed by atoms with Crippen molar-refractivity contribution in [2.45, 2.75) is 11.8 Å². The smallest absolute Gasteiger partial charge is 0.268 e. The van der Waals surface area contributed by atoms with Gasteiger partial charge in [-0.15, -0.1) is 5.10 Å². The van der Waals surface area contributed by atoms with E-state index in [4.69, 9.17) is 11.5 Å². The normalized spacial score (nSPS) is 12.1. The van der Waals surface area contributed by atoms with Crippen LogP contribution in [0.3, 0.4) is 0 Å². The average molecular weight is 432 g/mol. The Morgan fingerprint density at radius 2 is 1.42 bits per heavy atom. The highest BCUT2D eigenvalue weighted by Gasteiger charge is 2.22. The van der Waals surface area contributed by atoms with Crippen molar-refractivity contribution in [3.8, 4) is 11.1 Å². The van der Waals surface area contributed by atoms with Gasteiger partial charge in [0.15, 0.2) is 0 Å². The Hall–Kier alpha value is -3.91. The van der Waals surface area contributed by atoms with E-state index in [1.54, 1.807) is 49.5 Å². The molecular formula is C23H21N5O2S. The van der Waals surface area contributed by atoms with E-state index in [2.05, 4.69) is 10.2 Å². The van der Waals surface area contributed by atoms with Crippen molar-refractivity contribution in [3.05, 3.63) is 90.6 Å². The predicted octanol–water partition coefficient (Wildman–Crippen LogP) is 3.54. The summed E-state index contributed by atoms with van der Waals surface area (Å²) in [6.07, 6.45) is 1.55. The number of aromatic nitrogens is 1. The number of rotatable bonds is 5. The van der Waals surface area contributed by atoms with Crippen molar-refractivity contribution in [2.24, 2.45) is 21.7 Å². The molecular weight excluding hydrogens is 410 g/mol. The Bertz CT molecular complexity index is 1400. The van der Waals surface area contributed by atoms with Crippen LogP contribution in [0.2, 0.25) is 0 Å². The topological polar surface area (TPSA) is 116 Å². The summed E-state index contributed by atoms with van der Waals surface area (Å²) < 4.78 is 28.2. The Morgan fingerprint density at radius 1 is 0.806 bits per heavy atom. The summed E-state index contributed by atoms with van der Waals surface area (Å²) in [7, 11) is -3.83. The number of fused-ring (bicyclic) bond motifs is 1. The molecule has 0 spiro atoms. The van der Waals surface area contributed by atoms with E-state index >= 15 is 0 Å². The number of benzene rings is 3. The molecule has 7 nitrogen and oxygen atoms in total. The molecule has 4 rings (SSSR count). The van der Waals surface area contributed by atoms with Crippen LogP contribution >= 0.6 is 0 Å². The van der Waals surface area contributed by atoms with Gasteiger partial charge < -0.3 is 11.5 Å². The lowest BCUT2D eigenvalue weighted by molar-refractivity contribution is 0.589. The molecule has 3 aromatic carbocycles. The fraction of sp³-hybridized carbons (Fsp3) is 0.0435. The van der Waals surface area contributed by atoms with Crippen molar-refractivity contribution in [3.63, 3.8) is 0 Å². The lowest BCUT2D eigenvalue weighted by atomic mass is 10.1. The molecule has 0 fully saturated rings. The van der Waals surface area contributed by atoms with E-state index in [0.717, 1.165) is 16.5 Å². The lowest BCUT2D eigenvalue weighted by Crippen LogP contribution is -2.22. The first kappa shape index (κ1) is 20.4. The van der Waals surface area contributed by atoms with Crippen molar-refractivity contribution < 1.29 is 8.42 Å². The highest BCUT2D eigenvalue weighted by molar-refractivity contribution is 7.90. The van der Waals surface area contributed by atoms with Crippen LogP contribution < -0.4 is 11.5 Å². The SMILES string of the molecule is CC(=NN=C(N)N)c1cn(S(=O)(=O)c2ccc(-c3ccccc3)cc2)c2ccccc12. The van der Waals surface area contributed by atoms with Gasteiger partial charge in [-0.05, 0) is 36.2 Å². The molecule has 1 aromatic heterocycles. The van der Waals surface area contributed by atoms with E-state index in [0.29, 0.717) is 16.8 Å². The molecule has 31 heavy (non-hydrogen) atoms. The third-order valence-electron chi connectivity index (χ3n) is 4.90. The van der Waals surface area contributed by atoms with Gasteiger partial charge in [-0.25, -0.2) is 12.4 Å². The highest BCUT2D eigenvalue weighted by Crippen LogP contribution is 2.28. The van der Waals surface area contributed by atoms with E-state index < -0.39 is 10.0 Å². The third kappa shape index (κ3) is 3.93. The summed E-state index contributed by atoms with van der Waals surface area (Å²) in [4.78, 5) is 0.193. The minimum atomic E-state index is -3.83. The zero-order valence-electron chi connectivity index (χ0n) is 16.8. The van der Waals surface area contributed by atoms with Crippen molar-refractivity contribution >= 4 is 32.6 Å². The zero-order valence-corrected chi connectivity index (χ0v) is 17.6. The maximum Gasteiger partial charge on any atom is 0.268 e. The first-order chi connectivity index (χ1) is 14.9. The third-order valence-corrected chi connectivity index (χ3v) is 6.59. The van der Waals surface area contributed by atoms with Crippen LogP contribution in [0.25, 0.3) is 22.0 Å². The number of guanidine groups is 1. The summed E-state index contributed by atoms with van der Waals surface area (Å²) in [6, 6.07) is 23.9. The number of nitrogens with zero attached hydrogens (tertiary/aromatic N) is 3. The second kappa shape index (κ2) is 8.08. The largest absolute Gasteiger partial charge is 0.369 e. The highest BCUT2D eigenvalue weighted by atomic mass is 32.2. The molecule has 0 unspecified atom stereocenters. The molecule has 0 atom stereocenters. The molecule has 0 aliphatic heterocycles. The van der Waals surface area contributed by atoms with E-state index in [-0.39, 0.29) is 10.9 Å². The van der Waals surface area contributed by atoms with Crippen molar-refractivity contribution in [1.82, 2.24) is 3.97 Å². The first-order valence-electron chi connectivity index (χ1n) is 9.52. The molecule has 4 aromatic rings. The number of hydrogen-bond acceptors (Lipinski definition) is 4. The van der Waals surface area contributed by atoms with Gasteiger partial charge >= 0.3 is 0 Å². The van der Waals surface area contributed by atoms with Gasteiger partial charge in [-0.1, -0.05) is 60.7 Å². The summed E-state index contributed by atoms with van der Waals surface area (Å²) in [5.41, 5.74) is 14.3. The van der Waals surface area contributed by atoms with Crippen LogP contribution in [0.5, 0.6) is 0 Å². The van der Waals surface area contributed by atoms with Gasteiger partial charge in [-0.3, -0.25) is 0 Å². The van der Waals surface area contributed by atoms with E-state index in [9.17, 15) is 8.42 Å². The number of nitrogens with two attached hydrogens (primary N) is 2. The lowest BCUT2D eigenvalue weighted by Gasteiger charge is -2.09. The fourth-order valence-electron chi connectivity index (χ4n) is 3.39. The molecule has 1 heterocycles. The molecule has 0 aliphatic carbocycles. The molecule has 0 saturated heterocycles. The van der Waals surface area contributed by atoms with Crippen LogP contribution in [0.15, 0.2) is 100 Å². The monoisotopic (exact) mass is 431 g/mol. The van der Waals surface area contributed by atoms with Crippen LogP contribution in [0.4, 0.5) is 0 Å². The molecule has 0 aliphatic rings. The maximum absolute atomic E-state index is 13.5. The zero-order chi connectivity index (χ0) is 22.0. The minimum absolute atomic E-state index is 0.172. The van der Waals surface area contributed by atoms with Gasteiger partial charge in [0.2, 0.25) is 5.96 Å². The van der Waals surface area contributed by atoms with Gasteiger partial charge in [0.25, 0.3) is 10.0 Å². The van der Waals surface area contributed by atoms with Gasteiger partial charge in [-0.2, -0.15) is 5.10 Å². The average Bonchev–Trinajstić information content (AvgIpc) is 3.19. The van der Waals surface area contributed by atoms with Crippen LogP contribution in [-0.2, 0) is 10.0 Å². The minimum Gasteiger partial charge on any atom is -0.369 e. The number of para-hydroxylation sites is 1. The maximum atomic E-state index is 13.5. The van der Waals surface area contributed by atoms with Gasteiger partial charge in [0.1, 0.15) is 0 Å². The fourth-order valence-corrected chi connectivity index (χ4v) is 4.76. The molecule has 0 radical (unpaired) electrons. The van der Waals surface area contributed by atoms with Crippen LogP contribution in [0, 0.1) is 0 Å². The first-order valence-corrected chi connectivity index (χ1v) is 11.0. The quantitative estimate of drug-likeness (QED) is 0.286. The van der Waals surface area contributed by atoms with Crippen molar-refractivity contribution in [2.75, 3.05) is 0 Å². The second-order valence-electron chi connectivity index (χ2n) is 6.96. The van der Waals surface area contributed by atoms with Gasteiger partial charge in [0.05, 0.1) is 16.1 Å². The van der Waals surface area contributed by atoms with E-state index in [1.165, 1.54) is 3.97 Å². The molecule has 4 N–H and O–H groups in total. The summed E-state index contributed by atoms with van der Waals surface area (Å²) >= 11 is 0. The molecule has 0 bridgehead atoms. The van der Waals surface area contributed by atoms with Crippen LogP contribution in [-0.4, -0.2) is 24.1 Å². The molecule has 8 heteroatoms. The Labute approximate surface area is 180 Å². The predicted molar refractivity (Wildman–Crippen MR) is 124 cm³/mol. The molecule has 0 amide bonds. The summed E-state index contributed by atoms with van der Waals surface area (Å²) in [6.45, 7) is 1.72. The Balaban J connectivity index is 1.81. The second-order valence-corrected chi connectivity index (χ2v) is 8.78. The summed E-state index contributed by atoms with van der Waals surface area (Å²) in [5.74, 6) is -0.172.